The standard InChI is InChI=1S/C25H22N4O5S2/c1-32-19-11-15(12-20(33-2)24(19)34-3)13-29-23(25(30)31)16(22(26-29)21-5-4-8-35-21)9-14-6-7-17-18(10-14)28-36-27-17/h4-8,10-12H,9,13H2,1-3H3,(H,30,31). The number of hydrogen-bond acceptors (Lipinski definition) is 9. The molecule has 0 radical (unpaired) electrons. The minimum atomic E-state index is -1.05. The molecule has 0 aliphatic carbocycles. The quantitative estimate of drug-likeness (QED) is 0.289. The van der Waals surface area contributed by atoms with Crippen molar-refractivity contribution in [1.82, 2.24) is 18.5 Å². The molecule has 0 aliphatic heterocycles. The van der Waals surface area contributed by atoms with Crippen molar-refractivity contribution in [2.45, 2.75) is 13.0 Å². The van der Waals surface area contributed by atoms with Crippen LogP contribution in [0.15, 0.2) is 47.8 Å². The van der Waals surface area contributed by atoms with Crippen LogP contribution in [0.5, 0.6) is 17.2 Å². The zero-order valence-corrected chi connectivity index (χ0v) is 21.4. The number of hydrogen-bond donors (Lipinski definition) is 1. The molecule has 0 amide bonds. The maximum atomic E-state index is 12.6. The van der Waals surface area contributed by atoms with E-state index in [2.05, 4.69) is 8.75 Å². The summed E-state index contributed by atoms with van der Waals surface area (Å²) in [4.78, 5) is 13.5. The van der Waals surface area contributed by atoms with Gasteiger partial charge in [0.25, 0.3) is 0 Å². The van der Waals surface area contributed by atoms with Crippen LogP contribution in [0.4, 0.5) is 0 Å². The van der Waals surface area contributed by atoms with Gasteiger partial charge in [0.2, 0.25) is 5.75 Å². The maximum absolute atomic E-state index is 12.6. The molecule has 0 aliphatic rings. The van der Waals surface area contributed by atoms with E-state index in [-0.39, 0.29) is 12.2 Å². The van der Waals surface area contributed by atoms with Gasteiger partial charge in [0.05, 0.1) is 44.5 Å². The molecule has 9 nitrogen and oxygen atoms in total. The Labute approximate surface area is 214 Å². The largest absolute Gasteiger partial charge is 0.493 e. The van der Waals surface area contributed by atoms with E-state index in [1.54, 1.807) is 26.4 Å². The topological polar surface area (TPSA) is 109 Å². The number of thiophene rings is 1. The number of carboxylic acid groups (broad SMARTS) is 1. The Bertz CT molecular complexity index is 1520. The molecular weight excluding hydrogens is 500 g/mol. The van der Waals surface area contributed by atoms with Crippen LogP contribution in [0.2, 0.25) is 0 Å². The lowest BCUT2D eigenvalue weighted by Crippen LogP contribution is -2.13. The summed E-state index contributed by atoms with van der Waals surface area (Å²) in [6.07, 6.45) is 0.386. The van der Waals surface area contributed by atoms with Gasteiger partial charge in [-0.05, 0) is 46.8 Å². The minimum Gasteiger partial charge on any atom is -0.493 e. The van der Waals surface area contributed by atoms with Gasteiger partial charge in [0.1, 0.15) is 16.7 Å². The first-order valence-corrected chi connectivity index (χ1v) is 12.5. The summed E-state index contributed by atoms with van der Waals surface area (Å²) >= 11 is 2.67. The van der Waals surface area contributed by atoms with Gasteiger partial charge >= 0.3 is 5.97 Å². The van der Waals surface area contributed by atoms with E-state index in [0.717, 1.165) is 38.8 Å². The summed E-state index contributed by atoms with van der Waals surface area (Å²) in [5.74, 6) is 0.387. The van der Waals surface area contributed by atoms with Crippen LogP contribution < -0.4 is 14.2 Å². The number of benzene rings is 2. The molecule has 3 aromatic heterocycles. The van der Waals surface area contributed by atoms with Crippen molar-refractivity contribution < 1.29 is 24.1 Å². The third-order valence-electron chi connectivity index (χ3n) is 5.76. The molecular formula is C25H22N4O5S2. The predicted octanol–water partition coefficient (Wildman–Crippen LogP) is 4.98. The van der Waals surface area contributed by atoms with Crippen molar-refractivity contribution in [3.8, 4) is 27.8 Å². The fourth-order valence-electron chi connectivity index (χ4n) is 4.17. The fraction of sp³-hybridized carbons (Fsp3) is 0.200. The van der Waals surface area contributed by atoms with Gasteiger partial charge in [-0.25, -0.2) is 4.79 Å². The van der Waals surface area contributed by atoms with E-state index < -0.39 is 5.97 Å². The molecule has 0 unspecified atom stereocenters. The summed E-state index contributed by atoms with van der Waals surface area (Å²) in [6, 6.07) is 13.3. The van der Waals surface area contributed by atoms with Crippen molar-refractivity contribution in [2.75, 3.05) is 21.3 Å². The fourth-order valence-corrected chi connectivity index (χ4v) is 5.43. The van der Waals surface area contributed by atoms with Gasteiger partial charge in [0.15, 0.2) is 17.2 Å². The summed E-state index contributed by atoms with van der Waals surface area (Å²) in [5, 5.41) is 17.0. The van der Waals surface area contributed by atoms with Crippen molar-refractivity contribution in [3.05, 3.63) is 70.2 Å². The van der Waals surface area contributed by atoms with Gasteiger partial charge < -0.3 is 19.3 Å². The molecule has 184 valence electrons. The number of carboxylic acids is 1. The zero-order chi connectivity index (χ0) is 25.2. The second kappa shape index (κ2) is 9.96. The highest BCUT2D eigenvalue weighted by Gasteiger charge is 2.26. The van der Waals surface area contributed by atoms with Crippen molar-refractivity contribution >= 4 is 40.1 Å². The zero-order valence-electron chi connectivity index (χ0n) is 19.7. The van der Waals surface area contributed by atoms with Crippen LogP contribution in [-0.2, 0) is 13.0 Å². The Morgan fingerprint density at radius 1 is 0.972 bits per heavy atom. The molecule has 0 saturated carbocycles. The van der Waals surface area contributed by atoms with E-state index >= 15 is 0 Å². The number of fused-ring (bicyclic) bond motifs is 1. The second-order valence-electron chi connectivity index (χ2n) is 7.91. The van der Waals surface area contributed by atoms with Crippen molar-refractivity contribution in [2.24, 2.45) is 0 Å². The smallest absolute Gasteiger partial charge is 0.354 e. The monoisotopic (exact) mass is 522 g/mol. The third-order valence-corrected chi connectivity index (χ3v) is 7.20. The number of ether oxygens (including phenoxy) is 3. The van der Waals surface area contributed by atoms with Crippen molar-refractivity contribution in [3.63, 3.8) is 0 Å². The maximum Gasteiger partial charge on any atom is 0.354 e. The molecule has 5 aromatic rings. The van der Waals surface area contributed by atoms with E-state index in [1.807, 2.05) is 35.7 Å². The molecule has 0 bridgehead atoms. The van der Waals surface area contributed by atoms with E-state index in [9.17, 15) is 9.90 Å². The highest BCUT2D eigenvalue weighted by atomic mass is 32.1. The molecule has 0 fully saturated rings. The van der Waals surface area contributed by atoms with Gasteiger partial charge in [-0.2, -0.15) is 13.8 Å². The normalized spacial score (nSPS) is 11.1. The summed E-state index contributed by atoms with van der Waals surface area (Å²) < 4.78 is 26.5. The average molecular weight is 523 g/mol. The van der Waals surface area contributed by atoms with Crippen LogP contribution in [0.1, 0.15) is 27.2 Å². The first-order valence-electron chi connectivity index (χ1n) is 10.9. The number of carbonyl (C=O) groups is 1. The molecule has 0 spiro atoms. The SMILES string of the molecule is COc1cc(Cn2nc(-c3cccs3)c(Cc3ccc4nsnc4c3)c2C(=O)O)cc(OC)c1OC. The van der Waals surface area contributed by atoms with Gasteiger partial charge in [-0.15, -0.1) is 11.3 Å². The Morgan fingerprint density at radius 2 is 1.72 bits per heavy atom. The van der Waals surface area contributed by atoms with Crippen LogP contribution in [0.3, 0.4) is 0 Å². The lowest BCUT2D eigenvalue weighted by Gasteiger charge is -2.14. The Balaban J connectivity index is 1.62. The molecule has 11 heteroatoms. The first-order chi connectivity index (χ1) is 17.5. The van der Waals surface area contributed by atoms with Crippen LogP contribution in [0, 0.1) is 0 Å². The second-order valence-corrected chi connectivity index (χ2v) is 9.39. The number of aromatic nitrogens is 4. The van der Waals surface area contributed by atoms with Crippen molar-refractivity contribution in [1.29, 1.82) is 0 Å². The Hall–Kier alpha value is -3.96. The molecule has 1 N–H and O–H groups in total. The number of rotatable bonds is 9. The minimum absolute atomic E-state index is 0.128. The first kappa shape index (κ1) is 23.8. The molecule has 3 heterocycles. The molecule has 0 atom stereocenters. The Morgan fingerprint density at radius 3 is 2.36 bits per heavy atom. The van der Waals surface area contributed by atoms with Crippen LogP contribution in [-0.4, -0.2) is 50.9 Å². The highest BCUT2D eigenvalue weighted by molar-refractivity contribution is 7.13. The van der Waals surface area contributed by atoms with Gasteiger partial charge in [-0.3, -0.25) is 4.68 Å². The average Bonchev–Trinajstić information content (AvgIpc) is 3.63. The van der Waals surface area contributed by atoms with E-state index in [4.69, 9.17) is 19.3 Å². The third kappa shape index (κ3) is 4.38. The Kier molecular flexibility index (Phi) is 6.57. The molecule has 0 saturated heterocycles. The summed E-state index contributed by atoms with van der Waals surface area (Å²) in [6.45, 7) is 0.200. The van der Waals surface area contributed by atoms with Crippen LogP contribution in [0.25, 0.3) is 21.6 Å². The lowest BCUT2D eigenvalue weighted by molar-refractivity contribution is 0.0683. The molecule has 5 rings (SSSR count). The van der Waals surface area contributed by atoms with Gasteiger partial charge in [0, 0.05) is 12.0 Å². The highest BCUT2D eigenvalue weighted by Crippen LogP contribution is 2.39. The number of methoxy groups -OCH3 is 3. The van der Waals surface area contributed by atoms with E-state index in [1.165, 1.54) is 23.1 Å². The summed E-state index contributed by atoms with van der Waals surface area (Å²) in [5.41, 5.74) is 4.71. The predicted molar refractivity (Wildman–Crippen MR) is 138 cm³/mol. The van der Waals surface area contributed by atoms with Gasteiger partial charge in [-0.1, -0.05) is 12.1 Å². The number of aromatic carboxylic acids is 1. The van der Waals surface area contributed by atoms with Crippen LogP contribution >= 0.6 is 23.1 Å². The molecule has 2 aromatic carbocycles. The summed E-state index contributed by atoms with van der Waals surface area (Å²) in [7, 11) is 4.62. The number of nitrogens with zero attached hydrogens (tertiary/aromatic N) is 4. The lowest BCUT2D eigenvalue weighted by atomic mass is 10.0. The van der Waals surface area contributed by atoms with E-state index in [0.29, 0.717) is 34.9 Å². The molecule has 36 heavy (non-hydrogen) atoms.